The van der Waals surface area contributed by atoms with E-state index in [1.165, 1.54) is 7.05 Å². The SMILES string of the molecule is [2H]C([2H])([2H])N(C)C(C(=[18O])NC(CC(C)C)C(=O)ON1C(=O)CCC1=O)C(C)C. The maximum absolute atomic E-state index is 12.8. The van der Waals surface area contributed by atoms with Crippen molar-refractivity contribution in [3.05, 3.63) is 0 Å². The van der Waals surface area contributed by atoms with Crippen LogP contribution in [0.2, 0.25) is 0 Å². The number of amides is 3. The smallest absolute Gasteiger partial charge is 0.341 e. The van der Waals surface area contributed by atoms with Gasteiger partial charge >= 0.3 is 5.97 Å². The number of imide groups is 1. The molecule has 0 spiro atoms. The number of carbonyl (C=O) groups excluding carboxylic acids is 4. The van der Waals surface area contributed by atoms with E-state index in [-0.39, 0.29) is 31.1 Å². The van der Waals surface area contributed by atoms with Gasteiger partial charge in [0, 0.05) is 17.0 Å². The average molecular weight is 360 g/mol. The Morgan fingerprint density at radius 2 is 1.88 bits per heavy atom. The first kappa shape index (κ1) is 16.5. The summed E-state index contributed by atoms with van der Waals surface area (Å²) in [4.78, 5) is 54.5. The van der Waals surface area contributed by atoms with Crippen LogP contribution in [0.25, 0.3) is 0 Å². The van der Waals surface area contributed by atoms with Gasteiger partial charge in [-0.25, -0.2) is 4.79 Å². The predicted octanol–water partition coefficient (Wildman–Crippen LogP) is 0.711. The molecule has 0 aromatic carbocycles. The minimum Gasteiger partial charge on any atom is -0.341 e. The number of nitrogens with one attached hydrogen (secondary N) is 1. The predicted molar refractivity (Wildman–Crippen MR) is 90.9 cm³/mol. The van der Waals surface area contributed by atoms with Gasteiger partial charge in [-0.15, -0.1) is 5.06 Å². The molecule has 1 fully saturated rings. The summed E-state index contributed by atoms with van der Waals surface area (Å²) >= 11 is 0. The molecule has 0 aromatic rings. The highest BCUT2D eigenvalue weighted by Crippen LogP contribution is 2.15. The second-order valence-corrected chi connectivity index (χ2v) is 6.98. The van der Waals surface area contributed by atoms with Crippen molar-refractivity contribution in [1.82, 2.24) is 15.3 Å². The molecule has 0 aromatic heterocycles. The molecule has 1 aliphatic heterocycles. The Kier molecular flexibility index (Phi) is 5.90. The third kappa shape index (κ3) is 5.81. The van der Waals surface area contributed by atoms with E-state index in [4.69, 9.17) is 8.95 Å². The molecule has 1 N–H and O–H groups in total. The summed E-state index contributed by atoms with van der Waals surface area (Å²) in [6, 6.07) is -2.13. The molecular weight excluding hydrogens is 328 g/mol. The molecule has 1 rings (SSSR count). The molecular formula is C17H29N3O5. The summed E-state index contributed by atoms with van der Waals surface area (Å²) in [5, 5.41) is 2.96. The quantitative estimate of drug-likeness (QED) is 0.506. The van der Waals surface area contributed by atoms with Gasteiger partial charge in [-0.05, 0) is 32.3 Å². The number of hydroxylamine groups is 2. The summed E-state index contributed by atoms with van der Waals surface area (Å²) in [6.45, 7) is 4.56. The van der Waals surface area contributed by atoms with E-state index in [9.17, 15) is 19.2 Å². The molecule has 1 saturated heterocycles. The van der Waals surface area contributed by atoms with Crippen LogP contribution in [-0.2, 0) is 24.0 Å². The molecule has 0 aliphatic carbocycles. The van der Waals surface area contributed by atoms with Crippen molar-refractivity contribution in [2.75, 3.05) is 14.0 Å². The zero-order valence-electron chi connectivity index (χ0n) is 18.4. The lowest BCUT2D eigenvalue weighted by molar-refractivity contribution is -0.199. The number of rotatable bonds is 8. The van der Waals surface area contributed by atoms with Gasteiger partial charge in [0.05, 0.1) is 6.04 Å². The van der Waals surface area contributed by atoms with Crippen LogP contribution in [0, 0.1) is 11.8 Å². The van der Waals surface area contributed by atoms with Gasteiger partial charge in [-0.2, -0.15) is 0 Å². The molecule has 8 heteroatoms. The van der Waals surface area contributed by atoms with E-state index in [1.807, 2.05) is 13.8 Å². The first-order valence-electron chi connectivity index (χ1n) is 9.86. The highest BCUT2D eigenvalue weighted by molar-refractivity contribution is 6.02. The molecule has 0 radical (unpaired) electrons. The molecule has 2 unspecified atom stereocenters. The molecule has 25 heavy (non-hydrogen) atoms. The summed E-state index contributed by atoms with van der Waals surface area (Å²) in [5.41, 5.74) is 0. The Morgan fingerprint density at radius 3 is 2.32 bits per heavy atom. The lowest BCUT2D eigenvalue weighted by atomic mass is 10.00. The number of hydrogen-bond acceptors (Lipinski definition) is 6. The first-order valence-corrected chi connectivity index (χ1v) is 8.36. The number of carbonyl (C=O) groups is 4. The molecule has 1 heterocycles. The topological polar surface area (TPSA) is 96.0 Å². The molecule has 2 atom stereocenters. The normalized spacial score (nSPS) is 19.7. The van der Waals surface area contributed by atoms with Gasteiger partial charge in [0.2, 0.25) is 5.91 Å². The van der Waals surface area contributed by atoms with Gasteiger partial charge in [-0.1, -0.05) is 27.7 Å². The molecule has 1 aliphatic rings. The fraction of sp³-hybridized carbons (Fsp3) is 0.765. The van der Waals surface area contributed by atoms with Gasteiger partial charge < -0.3 is 10.2 Å². The van der Waals surface area contributed by atoms with Crippen LogP contribution in [0.15, 0.2) is 0 Å². The van der Waals surface area contributed by atoms with Gasteiger partial charge in [0.1, 0.15) is 6.04 Å². The van der Waals surface area contributed by atoms with E-state index in [1.54, 1.807) is 13.8 Å². The van der Waals surface area contributed by atoms with Crippen LogP contribution in [0.5, 0.6) is 0 Å². The average Bonchev–Trinajstić information content (AvgIpc) is 2.84. The van der Waals surface area contributed by atoms with Crippen LogP contribution in [0.3, 0.4) is 0 Å². The highest BCUT2D eigenvalue weighted by Gasteiger charge is 2.36. The second kappa shape index (κ2) is 8.94. The van der Waals surface area contributed by atoms with Crippen LogP contribution < -0.4 is 5.32 Å². The number of nitrogens with zero attached hydrogens (tertiary/aromatic N) is 2. The fourth-order valence-electron chi connectivity index (χ4n) is 2.68. The third-order valence-electron chi connectivity index (χ3n) is 3.81. The molecule has 0 saturated carbocycles. The first-order chi connectivity index (χ1) is 12.8. The second-order valence-electron chi connectivity index (χ2n) is 6.98. The van der Waals surface area contributed by atoms with Crippen LogP contribution in [-0.4, -0.2) is 59.8 Å². The Labute approximate surface area is 153 Å². The molecule has 142 valence electrons. The van der Waals surface area contributed by atoms with Gasteiger partial charge in [0.15, 0.2) is 0 Å². The minimum absolute atomic E-state index is 0.0133. The Hall–Kier alpha value is -1.96. The van der Waals surface area contributed by atoms with Crippen molar-refractivity contribution in [2.45, 2.75) is 59.0 Å². The summed E-state index contributed by atoms with van der Waals surface area (Å²) in [6.07, 6.45) is 0.126. The van der Waals surface area contributed by atoms with E-state index >= 15 is 0 Å². The van der Waals surface area contributed by atoms with Crippen molar-refractivity contribution in [3.8, 4) is 0 Å². The fourth-order valence-corrected chi connectivity index (χ4v) is 2.68. The zero-order chi connectivity index (χ0) is 21.8. The highest BCUT2D eigenvalue weighted by atomic mass is 18.1. The number of hydrogen-bond donors (Lipinski definition) is 1. The third-order valence-corrected chi connectivity index (χ3v) is 3.81. The van der Waals surface area contributed by atoms with Crippen molar-refractivity contribution in [2.24, 2.45) is 11.8 Å². The van der Waals surface area contributed by atoms with Crippen LogP contribution >= 0.6 is 0 Å². The lowest BCUT2D eigenvalue weighted by Gasteiger charge is -2.29. The maximum Gasteiger partial charge on any atom is 0.355 e. The monoisotopic (exact) mass is 360 g/mol. The Morgan fingerprint density at radius 1 is 1.32 bits per heavy atom. The van der Waals surface area contributed by atoms with Crippen LogP contribution in [0.4, 0.5) is 0 Å². The summed E-state index contributed by atoms with van der Waals surface area (Å²) in [5.74, 6) is -3.17. The Bertz CT molecular complexity index is 606. The van der Waals surface area contributed by atoms with Crippen molar-refractivity contribution in [3.63, 3.8) is 0 Å². The van der Waals surface area contributed by atoms with Crippen molar-refractivity contribution < 1.29 is 28.1 Å². The maximum atomic E-state index is 12.8. The lowest BCUT2D eigenvalue weighted by Crippen LogP contribution is -2.53. The van der Waals surface area contributed by atoms with E-state index in [0.717, 1.165) is 4.90 Å². The van der Waals surface area contributed by atoms with E-state index in [2.05, 4.69) is 5.32 Å². The molecule has 0 bridgehead atoms. The minimum atomic E-state index is -2.49. The Balaban J connectivity index is 2.97. The van der Waals surface area contributed by atoms with E-state index < -0.39 is 42.8 Å². The summed E-state index contributed by atoms with van der Waals surface area (Å²) in [7, 11) is 1.31. The van der Waals surface area contributed by atoms with Gasteiger partial charge in [-0.3, -0.25) is 19.3 Å². The molecule has 3 amide bonds. The van der Waals surface area contributed by atoms with Gasteiger partial charge in [0.25, 0.3) is 11.8 Å². The van der Waals surface area contributed by atoms with Crippen molar-refractivity contribution >= 4 is 23.7 Å². The standard InChI is InChI=1S/C17H29N3O5/c1-10(2)9-12(18-16(23)15(11(3)4)19(5)6)17(24)25-20-13(21)7-8-14(20)22/h10-12,15H,7-9H2,1-6H3,(H,18,23)/i5D3,23+2. The zero-order valence-corrected chi connectivity index (χ0v) is 15.4. The van der Waals surface area contributed by atoms with Crippen molar-refractivity contribution in [1.29, 1.82) is 0 Å². The van der Waals surface area contributed by atoms with E-state index in [0.29, 0.717) is 5.06 Å². The summed E-state index contributed by atoms with van der Waals surface area (Å²) < 4.78 is 22.6. The number of likely N-dealkylation sites (N-methyl/N-ethyl adjacent to an activating group) is 1. The molecule has 8 nitrogen and oxygen atoms in total. The van der Waals surface area contributed by atoms with Crippen LogP contribution in [0.1, 0.15) is 51.1 Å². The largest absolute Gasteiger partial charge is 0.355 e.